The summed E-state index contributed by atoms with van der Waals surface area (Å²) >= 11 is 0. The number of hydrogen-bond donors (Lipinski definition) is 2. The number of nitrogens with two attached hydrogens (primary N) is 1. The Labute approximate surface area is 65.9 Å². The van der Waals surface area contributed by atoms with E-state index >= 15 is 0 Å². The molecular weight excluding hydrogens is 142 g/mol. The van der Waals surface area contributed by atoms with Crippen LogP contribution < -0.4 is 5.73 Å². The number of carboxylic acids is 1. The second kappa shape index (κ2) is 3.05. The van der Waals surface area contributed by atoms with Crippen molar-refractivity contribution in [1.29, 1.82) is 0 Å². The van der Waals surface area contributed by atoms with Gasteiger partial charge in [0.15, 0.2) is 0 Å². The second-order valence-electron chi connectivity index (χ2n) is 3.13. The van der Waals surface area contributed by atoms with Gasteiger partial charge in [0.2, 0.25) is 0 Å². The Morgan fingerprint density at radius 2 is 2.36 bits per heavy atom. The monoisotopic (exact) mass is 155 g/mol. The first-order valence-electron chi connectivity index (χ1n) is 3.78. The van der Waals surface area contributed by atoms with Crippen LogP contribution in [0.3, 0.4) is 0 Å². The third kappa shape index (κ3) is 1.80. The molecule has 1 aliphatic rings. The van der Waals surface area contributed by atoms with Gasteiger partial charge in [0.05, 0.1) is 0 Å². The molecule has 0 saturated heterocycles. The summed E-state index contributed by atoms with van der Waals surface area (Å²) < 4.78 is 0. The molecule has 0 aliphatic heterocycles. The lowest BCUT2D eigenvalue weighted by Crippen LogP contribution is -2.36. The molecule has 0 fully saturated rings. The molecule has 62 valence electrons. The zero-order chi connectivity index (χ0) is 8.43. The van der Waals surface area contributed by atoms with E-state index in [2.05, 4.69) is 6.92 Å². The maximum atomic E-state index is 10.4. The smallest absolute Gasteiger partial charge is 0.321 e. The summed E-state index contributed by atoms with van der Waals surface area (Å²) in [6.45, 7) is 2.06. The van der Waals surface area contributed by atoms with Crippen molar-refractivity contribution in [3.05, 3.63) is 12.2 Å². The van der Waals surface area contributed by atoms with E-state index in [-0.39, 0.29) is 5.92 Å². The lowest BCUT2D eigenvalue weighted by molar-refractivity contribution is -0.139. The van der Waals surface area contributed by atoms with Gasteiger partial charge in [-0.1, -0.05) is 19.1 Å². The Hall–Kier alpha value is -0.830. The van der Waals surface area contributed by atoms with Crippen LogP contribution in [0.4, 0.5) is 0 Å². The van der Waals surface area contributed by atoms with Crippen molar-refractivity contribution in [3.63, 3.8) is 0 Å². The zero-order valence-electron chi connectivity index (χ0n) is 6.53. The first-order chi connectivity index (χ1) is 5.11. The molecule has 0 aromatic carbocycles. The van der Waals surface area contributed by atoms with E-state index in [9.17, 15) is 4.79 Å². The molecule has 0 saturated carbocycles. The van der Waals surface area contributed by atoms with Gasteiger partial charge in [-0.3, -0.25) is 4.79 Å². The lowest BCUT2D eigenvalue weighted by atomic mass is 9.97. The van der Waals surface area contributed by atoms with Crippen LogP contribution in [0.5, 0.6) is 0 Å². The molecule has 1 aliphatic carbocycles. The summed E-state index contributed by atoms with van der Waals surface area (Å²) in [6, 6.07) is -0.726. The van der Waals surface area contributed by atoms with Gasteiger partial charge < -0.3 is 10.8 Å². The van der Waals surface area contributed by atoms with Crippen molar-refractivity contribution in [2.24, 2.45) is 17.6 Å². The fourth-order valence-electron chi connectivity index (χ4n) is 1.37. The minimum absolute atomic E-state index is 0.0301. The Kier molecular flexibility index (Phi) is 2.29. The zero-order valence-corrected chi connectivity index (χ0v) is 6.53. The third-order valence-corrected chi connectivity index (χ3v) is 2.08. The van der Waals surface area contributed by atoms with Gasteiger partial charge in [-0.15, -0.1) is 0 Å². The number of hydrogen-bond acceptors (Lipinski definition) is 2. The molecule has 1 rings (SSSR count). The molecule has 11 heavy (non-hydrogen) atoms. The van der Waals surface area contributed by atoms with Crippen LogP contribution in [-0.4, -0.2) is 17.1 Å². The summed E-state index contributed by atoms with van der Waals surface area (Å²) in [5.41, 5.74) is 5.43. The molecular formula is C8H13NO2. The van der Waals surface area contributed by atoms with Crippen LogP contribution in [0.2, 0.25) is 0 Å². The van der Waals surface area contributed by atoms with E-state index in [1.165, 1.54) is 0 Å². The predicted octanol–water partition coefficient (Wildman–Crippen LogP) is 0.611. The fourth-order valence-corrected chi connectivity index (χ4v) is 1.37. The standard InChI is InChI=1S/C8H13NO2/c1-5-2-3-6(4-5)7(9)8(10)11/h2-3,5-7H,4,9H2,1H3,(H,10,11)/t5-,6-,7-/m0/s1. The largest absolute Gasteiger partial charge is 0.480 e. The minimum atomic E-state index is -0.909. The number of carbonyl (C=O) groups is 1. The summed E-state index contributed by atoms with van der Waals surface area (Å²) in [6.07, 6.45) is 4.80. The highest BCUT2D eigenvalue weighted by molar-refractivity contribution is 5.74. The Bertz CT molecular complexity index is 189. The number of carboxylic acid groups (broad SMARTS) is 1. The Morgan fingerprint density at radius 1 is 1.73 bits per heavy atom. The van der Waals surface area contributed by atoms with Crippen molar-refractivity contribution in [1.82, 2.24) is 0 Å². The molecule has 0 unspecified atom stereocenters. The van der Waals surface area contributed by atoms with Crippen molar-refractivity contribution >= 4 is 5.97 Å². The van der Waals surface area contributed by atoms with E-state index in [1.54, 1.807) is 0 Å². The van der Waals surface area contributed by atoms with Crippen LogP contribution in [0, 0.1) is 11.8 Å². The second-order valence-corrected chi connectivity index (χ2v) is 3.13. The van der Waals surface area contributed by atoms with E-state index in [0.717, 1.165) is 6.42 Å². The van der Waals surface area contributed by atoms with Crippen LogP contribution in [0.25, 0.3) is 0 Å². The molecule has 3 nitrogen and oxygen atoms in total. The van der Waals surface area contributed by atoms with Gasteiger partial charge in [-0.05, 0) is 12.3 Å². The van der Waals surface area contributed by atoms with Crippen molar-refractivity contribution in [2.75, 3.05) is 0 Å². The molecule has 3 heteroatoms. The first kappa shape index (κ1) is 8.27. The predicted molar refractivity (Wildman–Crippen MR) is 42.0 cm³/mol. The SMILES string of the molecule is C[C@H]1C=C[C@H]([C@H](N)C(=O)O)C1. The highest BCUT2D eigenvalue weighted by atomic mass is 16.4. The number of rotatable bonds is 2. The summed E-state index contributed by atoms with van der Waals surface area (Å²) in [5.74, 6) is -0.401. The van der Waals surface area contributed by atoms with Gasteiger partial charge in [-0.25, -0.2) is 0 Å². The fraction of sp³-hybridized carbons (Fsp3) is 0.625. The topological polar surface area (TPSA) is 63.3 Å². The average Bonchev–Trinajstić information content (AvgIpc) is 2.34. The van der Waals surface area contributed by atoms with Gasteiger partial charge >= 0.3 is 5.97 Å². The van der Waals surface area contributed by atoms with E-state index < -0.39 is 12.0 Å². The molecule has 0 radical (unpaired) electrons. The summed E-state index contributed by atoms with van der Waals surface area (Å²) in [5, 5.41) is 8.57. The molecule has 0 bridgehead atoms. The molecule has 0 heterocycles. The highest BCUT2D eigenvalue weighted by Gasteiger charge is 2.26. The third-order valence-electron chi connectivity index (χ3n) is 2.08. The molecule has 0 aromatic heterocycles. The van der Waals surface area contributed by atoms with Crippen LogP contribution in [0.1, 0.15) is 13.3 Å². The van der Waals surface area contributed by atoms with Gasteiger partial charge in [0.25, 0.3) is 0 Å². The lowest BCUT2D eigenvalue weighted by Gasteiger charge is -2.13. The first-order valence-corrected chi connectivity index (χ1v) is 3.78. The number of aliphatic carboxylic acids is 1. The van der Waals surface area contributed by atoms with Gasteiger partial charge in [0, 0.05) is 5.92 Å². The molecule has 3 N–H and O–H groups in total. The van der Waals surface area contributed by atoms with E-state index in [1.807, 2.05) is 12.2 Å². The Morgan fingerprint density at radius 3 is 2.73 bits per heavy atom. The van der Waals surface area contributed by atoms with Gasteiger partial charge in [-0.2, -0.15) is 0 Å². The molecule has 0 aromatic rings. The van der Waals surface area contributed by atoms with Gasteiger partial charge in [0.1, 0.15) is 6.04 Å². The Balaban J connectivity index is 2.51. The maximum Gasteiger partial charge on any atom is 0.321 e. The highest BCUT2D eigenvalue weighted by Crippen LogP contribution is 2.24. The molecule has 3 atom stereocenters. The van der Waals surface area contributed by atoms with Crippen LogP contribution in [-0.2, 0) is 4.79 Å². The quantitative estimate of drug-likeness (QED) is 0.574. The number of allylic oxidation sites excluding steroid dienone is 1. The normalized spacial score (nSPS) is 32.2. The van der Waals surface area contributed by atoms with Crippen LogP contribution >= 0.6 is 0 Å². The van der Waals surface area contributed by atoms with E-state index in [4.69, 9.17) is 10.8 Å². The van der Waals surface area contributed by atoms with Crippen molar-refractivity contribution < 1.29 is 9.90 Å². The maximum absolute atomic E-state index is 10.4. The summed E-state index contributed by atoms with van der Waals surface area (Å²) in [7, 11) is 0. The van der Waals surface area contributed by atoms with Crippen molar-refractivity contribution in [3.8, 4) is 0 Å². The average molecular weight is 155 g/mol. The summed E-state index contributed by atoms with van der Waals surface area (Å²) in [4.78, 5) is 10.4. The molecule has 0 spiro atoms. The van der Waals surface area contributed by atoms with Crippen molar-refractivity contribution in [2.45, 2.75) is 19.4 Å². The molecule has 0 amide bonds. The van der Waals surface area contributed by atoms with E-state index in [0.29, 0.717) is 5.92 Å². The minimum Gasteiger partial charge on any atom is -0.480 e. The van der Waals surface area contributed by atoms with Crippen LogP contribution in [0.15, 0.2) is 12.2 Å².